The SMILES string of the molecule is COc1ccc2c(c1)C(C)(C)C1(C=Nc3cc4ccccc4cc3O1)N2C. The Morgan fingerprint density at radius 1 is 1.00 bits per heavy atom. The van der Waals surface area contributed by atoms with Crippen LogP contribution in [0.2, 0.25) is 0 Å². The largest absolute Gasteiger partial charge is 0.497 e. The molecule has 3 aromatic rings. The summed E-state index contributed by atoms with van der Waals surface area (Å²) in [4.78, 5) is 7.01. The van der Waals surface area contributed by atoms with E-state index in [0.717, 1.165) is 28.3 Å². The van der Waals surface area contributed by atoms with Crippen LogP contribution >= 0.6 is 0 Å². The minimum absolute atomic E-state index is 0.307. The lowest BCUT2D eigenvalue weighted by molar-refractivity contribution is 0.0826. The van der Waals surface area contributed by atoms with E-state index >= 15 is 0 Å². The lowest BCUT2D eigenvalue weighted by atomic mass is 9.77. The van der Waals surface area contributed by atoms with Crippen molar-refractivity contribution in [2.75, 3.05) is 19.1 Å². The predicted octanol–water partition coefficient (Wildman–Crippen LogP) is 5.07. The van der Waals surface area contributed by atoms with Gasteiger partial charge < -0.3 is 14.4 Å². The van der Waals surface area contributed by atoms with Gasteiger partial charge >= 0.3 is 0 Å². The zero-order valence-corrected chi connectivity index (χ0v) is 16.0. The molecule has 0 N–H and O–H groups in total. The summed E-state index contributed by atoms with van der Waals surface area (Å²) in [6.07, 6.45) is 1.95. The van der Waals surface area contributed by atoms with Crippen molar-refractivity contribution < 1.29 is 9.47 Å². The summed E-state index contributed by atoms with van der Waals surface area (Å²) < 4.78 is 12.2. The van der Waals surface area contributed by atoms with E-state index in [1.807, 2.05) is 24.4 Å². The molecule has 1 unspecified atom stereocenters. The zero-order chi connectivity index (χ0) is 18.8. The minimum Gasteiger partial charge on any atom is -0.497 e. The molecule has 27 heavy (non-hydrogen) atoms. The molecule has 1 atom stereocenters. The number of benzene rings is 3. The number of likely N-dealkylation sites (N-methyl/N-ethyl adjacent to an activating group) is 1. The monoisotopic (exact) mass is 358 g/mol. The molecule has 3 aromatic carbocycles. The van der Waals surface area contributed by atoms with Crippen LogP contribution in [0.4, 0.5) is 11.4 Å². The number of fused-ring (bicyclic) bond motifs is 3. The summed E-state index contributed by atoms with van der Waals surface area (Å²) in [7, 11) is 3.77. The first-order valence-electron chi connectivity index (χ1n) is 9.16. The highest BCUT2D eigenvalue weighted by Crippen LogP contribution is 2.54. The molecule has 0 saturated heterocycles. The predicted molar refractivity (Wildman–Crippen MR) is 110 cm³/mol. The molecular formula is C23H22N2O2. The first kappa shape index (κ1) is 16.2. The normalized spacial score (nSPS) is 21.9. The Balaban J connectivity index is 1.67. The van der Waals surface area contributed by atoms with Crippen LogP contribution in [0.3, 0.4) is 0 Å². The Morgan fingerprint density at radius 2 is 1.74 bits per heavy atom. The lowest BCUT2D eigenvalue weighted by Gasteiger charge is -2.44. The minimum atomic E-state index is -0.683. The molecule has 5 rings (SSSR count). The highest BCUT2D eigenvalue weighted by Gasteiger charge is 2.58. The van der Waals surface area contributed by atoms with Gasteiger partial charge in [-0.1, -0.05) is 24.3 Å². The van der Waals surface area contributed by atoms with Crippen LogP contribution in [0.1, 0.15) is 19.4 Å². The molecule has 2 aliphatic rings. The topological polar surface area (TPSA) is 34.1 Å². The number of anilines is 1. The fraction of sp³-hybridized carbons (Fsp3) is 0.261. The third kappa shape index (κ3) is 2.01. The van der Waals surface area contributed by atoms with Gasteiger partial charge in [0.1, 0.15) is 17.2 Å². The van der Waals surface area contributed by atoms with Crippen molar-refractivity contribution >= 4 is 28.4 Å². The molecule has 4 nitrogen and oxygen atoms in total. The van der Waals surface area contributed by atoms with Crippen LogP contribution in [0.25, 0.3) is 10.8 Å². The molecule has 0 fully saturated rings. The van der Waals surface area contributed by atoms with Gasteiger partial charge in [-0.3, -0.25) is 4.99 Å². The molecule has 0 aliphatic carbocycles. The highest BCUT2D eigenvalue weighted by atomic mass is 16.5. The van der Waals surface area contributed by atoms with Gasteiger partial charge in [-0.15, -0.1) is 0 Å². The van der Waals surface area contributed by atoms with Crippen molar-refractivity contribution in [1.29, 1.82) is 0 Å². The van der Waals surface area contributed by atoms with E-state index in [1.165, 1.54) is 10.9 Å². The van der Waals surface area contributed by atoms with Crippen LogP contribution in [-0.4, -0.2) is 26.1 Å². The molecule has 0 bridgehead atoms. The van der Waals surface area contributed by atoms with E-state index in [2.05, 4.69) is 62.2 Å². The summed E-state index contributed by atoms with van der Waals surface area (Å²) in [5.74, 6) is 1.67. The molecule has 0 saturated carbocycles. The Hall–Kier alpha value is -3.01. The van der Waals surface area contributed by atoms with Gasteiger partial charge in [0.15, 0.2) is 0 Å². The third-order valence-corrected chi connectivity index (χ3v) is 6.10. The Kier molecular flexibility index (Phi) is 3.15. The Morgan fingerprint density at radius 3 is 2.48 bits per heavy atom. The van der Waals surface area contributed by atoms with E-state index in [9.17, 15) is 0 Å². The average molecular weight is 358 g/mol. The number of nitrogens with zero attached hydrogens (tertiary/aromatic N) is 2. The molecule has 0 radical (unpaired) electrons. The van der Waals surface area contributed by atoms with Gasteiger partial charge in [-0.2, -0.15) is 0 Å². The Bertz CT molecular complexity index is 1100. The van der Waals surface area contributed by atoms with E-state index < -0.39 is 5.72 Å². The van der Waals surface area contributed by atoms with Crippen molar-refractivity contribution in [1.82, 2.24) is 0 Å². The summed E-state index contributed by atoms with van der Waals surface area (Å²) in [6, 6.07) is 18.7. The summed E-state index contributed by atoms with van der Waals surface area (Å²) in [5.41, 5.74) is 2.21. The van der Waals surface area contributed by atoms with Crippen molar-refractivity contribution in [2.24, 2.45) is 4.99 Å². The molecule has 2 heterocycles. The maximum absolute atomic E-state index is 6.71. The first-order chi connectivity index (χ1) is 13.0. The summed E-state index contributed by atoms with van der Waals surface area (Å²) >= 11 is 0. The van der Waals surface area contributed by atoms with Crippen molar-refractivity contribution in [3.05, 3.63) is 60.2 Å². The summed E-state index contributed by atoms with van der Waals surface area (Å²) in [6.45, 7) is 4.40. The lowest BCUT2D eigenvalue weighted by Crippen LogP contribution is -2.61. The van der Waals surface area contributed by atoms with Gasteiger partial charge in [-0.25, -0.2) is 0 Å². The number of hydrogen-bond donors (Lipinski definition) is 0. The first-order valence-corrected chi connectivity index (χ1v) is 9.16. The Labute approximate surface area is 159 Å². The van der Waals surface area contributed by atoms with Gasteiger partial charge in [-0.05, 0) is 60.5 Å². The quantitative estimate of drug-likeness (QED) is 0.609. The number of methoxy groups -OCH3 is 1. The second kappa shape index (κ2) is 5.26. The average Bonchev–Trinajstić information content (AvgIpc) is 2.84. The fourth-order valence-corrected chi connectivity index (χ4v) is 4.41. The second-order valence-corrected chi connectivity index (χ2v) is 7.79. The molecule has 0 aromatic heterocycles. The molecule has 136 valence electrons. The van der Waals surface area contributed by atoms with Crippen LogP contribution in [-0.2, 0) is 5.41 Å². The number of ether oxygens (including phenoxy) is 2. The standard InChI is InChI=1S/C23H22N2O2/c1-22(2)18-13-17(26-4)9-10-20(18)25(3)23(22)14-24-19-11-15-7-5-6-8-16(15)12-21(19)27-23/h5-14H,1-4H3. The molecule has 0 amide bonds. The van der Waals surface area contributed by atoms with E-state index in [0.29, 0.717) is 0 Å². The van der Waals surface area contributed by atoms with Gasteiger partial charge in [0, 0.05) is 12.7 Å². The number of hydrogen-bond acceptors (Lipinski definition) is 4. The zero-order valence-electron chi connectivity index (χ0n) is 16.0. The van der Waals surface area contributed by atoms with E-state index in [1.54, 1.807) is 7.11 Å². The summed E-state index contributed by atoms with van der Waals surface area (Å²) in [5, 5.41) is 2.32. The third-order valence-electron chi connectivity index (χ3n) is 6.10. The fourth-order valence-electron chi connectivity index (χ4n) is 4.41. The van der Waals surface area contributed by atoms with E-state index in [4.69, 9.17) is 14.5 Å². The van der Waals surface area contributed by atoms with Crippen LogP contribution < -0.4 is 14.4 Å². The molecule has 4 heteroatoms. The maximum Gasteiger partial charge on any atom is 0.228 e. The van der Waals surface area contributed by atoms with E-state index in [-0.39, 0.29) is 5.41 Å². The maximum atomic E-state index is 6.71. The molecule has 1 spiro atoms. The van der Waals surface area contributed by atoms with Crippen LogP contribution in [0, 0.1) is 0 Å². The van der Waals surface area contributed by atoms with Crippen LogP contribution in [0.15, 0.2) is 59.6 Å². The van der Waals surface area contributed by atoms with Crippen molar-refractivity contribution in [3.63, 3.8) is 0 Å². The number of rotatable bonds is 1. The van der Waals surface area contributed by atoms with Gasteiger partial charge in [0.2, 0.25) is 5.72 Å². The van der Waals surface area contributed by atoms with Gasteiger partial charge in [0.25, 0.3) is 0 Å². The van der Waals surface area contributed by atoms with Gasteiger partial charge in [0.05, 0.1) is 18.7 Å². The highest BCUT2D eigenvalue weighted by molar-refractivity contribution is 5.93. The second-order valence-electron chi connectivity index (χ2n) is 7.79. The molecule has 2 aliphatic heterocycles. The molecular weight excluding hydrogens is 336 g/mol. The van der Waals surface area contributed by atoms with Crippen LogP contribution in [0.5, 0.6) is 11.5 Å². The van der Waals surface area contributed by atoms with Crippen molar-refractivity contribution in [2.45, 2.75) is 25.0 Å². The smallest absolute Gasteiger partial charge is 0.228 e. The number of aliphatic imine (C=N–C) groups is 1. The van der Waals surface area contributed by atoms with Crippen molar-refractivity contribution in [3.8, 4) is 11.5 Å².